The van der Waals surface area contributed by atoms with Crippen LogP contribution in [0.15, 0.2) is 78.4 Å². The maximum absolute atomic E-state index is 13.3. The number of ether oxygens (including phenoxy) is 1. The molecule has 0 aliphatic carbocycles. The van der Waals surface area contributed by atoms with Gasteiger partial charge in [-0.3, -0.25) is 14.5 Å². The molecule has 1 amide bonds. The van der Waals surface area contributed by atoms with E-state index in [-0.39, 0.29) is 23.5 Å². The number of carbonyl (C=O) groups is 3. The molecule has 7 heteroatoms. The smallest absolute Gasteiger partial charge is 0.338 e. The molecule has 1 atom stereocenters. The van der Waals surface area contributed by atoms with E-state index in [1.807, 2.05) is 25.1 Å². The highest BCUT2D eigenvalue weighted by Crippen LogP contribution is 2.42. The molecular formula is C27H22ClNO5. The van der Waals surface area contributed by atoms with Crippen LogP contribution in [0.2, 0.25) is 5.02 Å². The van der Waals surface area contributed by atoms with E-state index in [1.54, 1.807) is 55.5 Å². The fourth-order valence-electron chi connectivity index (χ4n) is 4.01. The summed E-state index contributed by atoms with van der Waals surface area (Å²) in [4.78, 5) is 40.1. The van der Waals surface area contributed by atoms with Crippen LogP contribution in [-0.4, -0.2) is 29.4 Å². The minimum atomic E-state index is -0.895. The molecule has 0 saturated carbocycles. The molecule has 1 aliphatic rings. The van der Waals surface area contributed by atoms with Crippen LogP contribution in [0.4, 0.5) is 5.69 Å². The Kier molecular flexibility index (Phi) is 6.52. The molecule has 1 unspecified atom stereocenters. The lowest BCUT2D eigenvalue weighted by Gasteiger charge is -2.26. The summed E-state index contributed by atoms with van der Waals surface area (Å²) in [5.74, 6) is -2.46. The van der Waals surface area contributed by atoms with Crippen LogP contribution in [0.1, 0.15) is 40.0 Å². The van der Waals surface area contributed by atoms with Gasteiger partial charge in [0.15, 0.2) is 0 Å². The Balaban J connectivity index is 1.91. The molecule has 0 spiro atoms. The number of esters is 1. The first-order valence-corrected chi connectivity index (χ1v) is 11.1. The van der Waals surface area contributed by atoms with E-state index in [1.165, 1.54) is 11.0 Å². The number of anilines is 1. The Labute approximate surface area is 202 Å². The second-order valence-corrected chi connectivity index (χ2v) is 8.30. The first kappa shape index (κ1) is 23.3. The Morgan fingerprint density at radius 2 is 1.71 bits per heavy atom. The fourth-order valence-corrected chi connectivity index (χ4v) is 4.14. The number of benzene rings is 3. The minimum absolute atomic E-state index is 0.0422. The van der Waals surface area contributed by atoms with Gasteiger partial charge >= 0.3 is 5.97 Å². The molecule has 3 aromatic rings. The predicted molar refractivity (Wildman–Crippen MR) is 130 cm³/mol. The molecule has 1 saturated heterocycles. The molecule has 172 valence electrons. The van der Waals surface area contributed by atoms with Crippen LogP contribution >= 0.6 is 11.6 Å². The van der Waals surface area contributed by atoms with Crippen molar-refractivity contribution in [2.24, 2.45) is 0 Å². The SMILES string of the molecule is CCOC(=O)c1cccc(N2C(=O)C(=O)/C(=C(/O)c3ccc(Cl)cc3)C2c2cccc(C)c2)c1. The predicted octanol–water partition coefficient (Wildman–Crippen LogP) is 5.45. The Morgan fingerprint density at radius 1 is 1.00 bits per heavy atom. The number of rotatable bonds is 5. The molecule has 0 radical (unpaired) electrons. The van der Waals surface area contributed by atoms with E-state index >= 15 is 0 Å². The Morgan fingerprint density at radius 3 is 2.38 bits per heavy atom. The van der Waals surface area contributed by atoms with Gasteiger partial charge in [-0.2, -0.15) is 0 Å². The molecule has 1 aliphatic heterocycles. The van der Waals surface area contributed by atoms with Crippen LogP contribution in [0.5, 0.6) is 0 Å². The molecule has 1 heterocycles. The number of amides is 1. The van der Waals surface area contributed by atoms with E-state index < -0.39 is 23.7 Å². The summed E-state index contributed by atoms with van der Waals surface area (Å²) in [7, 11) is 0. The first-order valence-electron chi connectivity index (χ1n) is 10.7. The topological polar surface area (TPSA) is 83.9 Å². The van der Waals surface area contributed by atoms with Gasteiger partial charge in [0.25, 0.3) is 11.7 Å². The van der Waals surface area contributed by atoms with E-state index in [4.69, 9.17) is 16.3 Å². The summed E-state index contributed by atoms with van der Waals surface area (Å²) >= 11 is 5.97. The number of aliphatic hydroxyl groups excluding tert-OH is 1. The van der Waals surface area contributed by atoms with Crippen molar-refractivity contribution in [3.05, 3.63) is 106 Å². The van der Waals surface area contributed by atoms with Crippen LogP contribution in [0.3, 0.4) is 0 Å². The average molecular weight is 476 g/mol. The molecule has 1 N–H and O–H groups in total. The third-order valence-electron chi connectivity index (χ3n) is 5.56. The summed E-state index contributed by atoms with van der Waals surface area (Å²) in [5.41, 5.74) is 2.49. The van der Waals surface area contributed by atoms with Crippen LogP contribution in [0.25, 0.3) is 5.76 Å². The van der Waals surface area contributed by atoms with Crippen molar-refractivity contribution in [1.82, 2.24) is 0 Å². The molecule has 34 heavy (non-hydrogen) atoms. The van der Waals surface area contributed by atoms with Gasteiger partial charge in [-0.1, -0.05) is 47.5 Å². The second-order valence-electron chi connectivity index (χ2n) is 7.86. The van der Waals surface area contributed by atoms with Crippen molar-refractivity contribution in [3.63, 3.8) is 0 Å². The number of carbonyl (C=O) groups excluding carboxylic acids is 3. The maximum Gasteiger partial charge on any atom is 0.338 e. The van der Waals surface area contributed by atoms with E-state index in [2.05, 4.69) is 0 Å². The molecule has 0 aromatic heterocycles. The zero-order valence-electron chi connectivity index (χ0n) is 18.6. The van der Waals surface area contributed by atoms with Gasteiger partial charge in [-0.05, 0) is 61.9 Å². The quantitative estimate of drug-likeness (QED) is 0.229. The zero-order chi connectivity index (χ0) is 24.4. The Bertz CT molecular complexity index is 1310. The summed E-state index contributed by atoms with van der Waals surface area (Å²) in [6.45, 7) is 3.81. The summed E-state index contributed by atoms with van der Waals surface area (Å²) < 4.78 is 5.08. The van der Waals surface area contributed by atoms with Crippen molar-refractivity contribution >= 4 is 40.7 Å². The number of Topliss-reactive ketones (excluding diaryl/α,β-unsaturated/α-hetero) is 1. The maximum atomic E-state index is 13.3. The standard InChI is InChI=1S/C27H22ClNO5/c1-3-34-27(33)19-8-5-9-21(15-19)29-23(18-7-4-6-16(2)14-18)22(25(31)26(29)32)24(30)17-10-12-20(28)13-11-17/h4-15,23,30H,3H2,1-2H3/b24-22+. The molecule has 6 nitrogen and oxygen atoms in total. The normalized spacial score (nSPS) is 17.1. The van der Waals surface area contributed by atoms with Crippen molar-refractivity contribution in [1.29, 1.82) is 0 Å². The average Bonchev–Trinajstić information content (AvgIpc) is 3.10. The van der Waals surface area contributed by atoms with Gasteiger partial charge in [0.1, 0.15) is 5.76 Å². The van der Waals surface area contributed by atoms with Crippen LogP contribution < -0.4 is 4.90 Å². The zero-order valence-corrected chi connectivity index (χ0v) is 19.4. The van der Waals surface area contributed by atoms with Gasteiger partial charge in [-0.25, -0.2) is 4.79 Å². The first-order chi connectivity index (χ1) is 16.3. The molecule has 0 bridgehead atoms. The number of ketones is 1. The number of hydrogen-bond donors (Lipinski definition) is 1. The van der Waals surface area contributed by atoms with Crippen molar-refractivity contribution in [2.75, 3.05) is 11.5 Å². The largest absolute Gasteiger partial charge is 0.507 e. The second kappa shape index (κ2) is 9.53. The number of nitrogens with zero attached hydrogens (tertiary/aromatic N) is 1. The Hall–Kier alpha value is -3.90. The van der Waals surface area contributed by atoms with E-state index in [9.17, 15) is 19.5 Å². The highest BCUT2D eigenvalue weighted by Gasteiger charge is 2.47. The van der Waals surface area contributed by atoms with Crippen molar-refractivity contribution in [2.45, 2.75) is 19.9 Å². The molecule has 1 fully saturated rings. The summed E-state index contributed by atoms with van der Waals surface area (Å²) in [5, 5.41) is 11.6. The highest BCUT2D eigenvalue weighted by atomic mass is 35.5. The lowest BCUT2D eigenvalue weighted by molar-refractivity contribution is -0.132. The van der Waals surface area contributed by atoms with Gasteiger partial charge in [0.2, 0.25) is 0 Å². The third kappa shape index (κ3) is 4.32. The lowest BCUT2D eigenvalue weighted by Crippen LogP contribution is -2.29. The third-order valence-corrected chi connectivity index (χ3v) is 5.81. The summed E-state index contributed by atoms with van der Waals surface area (Å²) in [6, 6.07) is 19.2. The van der Waals surface area contributed by atoms with Gasteiger partial charge in [0, 0.05) is 16.3 Å². The summed E-state index contributed by atoms with van der Waals surface area (Å²) in [6.07, 6.45) is 0. The highest BCUT2D eigenvalue weighted by molar-refractivity contribution is 6.51. The molecule has 4 rings (SSSR count). The molecule has 3 aromatic carbocycles. The van der Waals surface area contributed by atoms with E-state index in [0.29, 0.717) is 21.8 Å². The van der Waals surface area contributed by atoms with Crippen LogP contribution in [-0.2, 0) is 14.3 Å². The van der Waals surface area contributed by atoms with Gasteiger partial charge in [-0.15, -0.1) is 0 Å². The monoisotopic (exact) mass is 475 g/mol. The number of halogens is 1. The van der Waals surface area contributed by atoms with Crippen molar-refractivity contribution in [3.8, 4) is 0 Å². The number of hydrogen-bond acceptors (Lipinski definition) is 5. The molecular weight excluding hydrogens is 454 g/mol. The van der Waals surface area contributed by atoms with Gasteiger partial charge in [0.05, 0.1) is 23.8 Å². The minimum Gasteiger partial charge on any atom is -0.507 e. The number of aliphatic hydroxyl groups is 1. The lowest BCUT2D eigenvalue weighted by atomic mass is 9.94. The van der Waals surface area contributed by atoms with Gasteiger partial charge < -0.3 is 9.84 Å². The van der Waals surface area contributed by atoms with Crippen molar-refractivity contribution < 1.29 is 24.2 Å². The van der Waals surface area contributed by atoms with E-state index in [0.717, 1.165) is 5.56 Å². The van der Waals surface area contributed by atoms with Crippen LogP contribution in [0, 0.1) is 6.92 Å². The fraction of sp³-hybridized carbons (Fsp3) is 0.148. The number of aryl methyl sites for hydroxylation is 1.